The minimum atomic E-state index is -0.251. The zero-order valence-electron chi connectivity index (χ0n) is 9.38. The van der Waals surface area contributed by atoms with Crippen molar-refractivity contribution < 1.29 is 5.11 Å². The molecule has 2 aromatic rings. The highest BCUT2D eigenvalue weighted by Gasteiger charge is 2.26. The van der Waals surface area contributed by atoms with E-state index in [0.717, 1.165) is 26.8 Å². The van der Waals surface area contributed by atoms with Gasteiger partial charge >= 0.3 is 0 Å². The first kappa shape index (κ1) is 11.7. The molecule has 0 amide bonds. The molecule has 2 aromatic heterocycles. The van der Waals surface area contributed by atoms with Crippen molar-refractivity contribution in [3.8, 4) is 0 Å². The second-order valence-corrected chi connectivity index (χ2v) is 6.48. The Morgan fingerprint density at radius 3 is 3.12 bits per heavy atom. The maximum atomic E-state index is 9.90. The summed E-state index contributed by atoms with van der Waals surface area (Å²) in [5.41, 5.74) is 0. The molecule has 1 saturated heterocycles. The predicted molar refractivity (Wildman–Crippen MR) is 75.6 cm³/mol. The molecule has 5 nitrogen and oxygen atoms in total. The van der Waals surface area contributed by atoms with Gasteiger partial charge in [-0.05, 0) is 34.9 Å². The van der Waals surface area contributed by atoms with Crippen LogP contribution in [0.25, 0.3) is 4.96 Å². The van der Waals surface area contributed by atoms with Gasteiger partial charge in [-0.25, -0.2) is 4.98 Å². The number of fused-ring (bicyclic) bond motifs is 1. The lowest BCUT2D eigenvalue weighted by molar-refractivity contribution is 0.103. The Kier molecular flexibility index (Phi) is 2.99. The van der Waals surface area contributed by atoms with Crippen LogP contribution in [0, 0.1) is 9.62 Å². The van der Waals surface area contributed by atoms with E-state index in [1.165, 1.54) is 0 Å². The molecule has 3 rings (SSSR count). The van der Waals surface area contributed by atoms with E-state index in [-0.39, 0.29) is 6.10 Å². The molecule has 7 heteroatoms. The van der Waals surface area contributed by atoms with Crippen molar-refractivity contribution in [2.45, 2.75) is 19.4 Å². The fourth-order valence-electron chi connectivity index (χ4n) is 2.01. The highest BCUT2D eigenvalue weighted by atomic mass is 127. The predicted octanol–water partition coefficient (Wildman–Crippen LogP) is 1.60. The lowest BCUT2D eigenvalue weighted by Gasteiger charge is -2.33. The molecule has 2 atom stereocenters. The molecule has 0 aliphatic carbocycles. The third-order valence-electron chi connectivity index (χ3n) is 3.22. The second kappa shape index (κ2) is 4.36. The van der Waals surface area contributed by atoms with Crippen LogP contribution in [0.1, 0.15) is 13.3 Å². The van der Waals surface area contributed by atoms with Gasteiger partial charge in [0, 0.05) is 13.1 Å². The minimum absolute atomic E-state index is 0.251. The van der Waals surface area contributed by atoms with Crippen molar-refractivity contribution >= 4 is 44.0 Å². The molecule has 0 spiro atoms. The Morgan fingerprint density at radius 2 is 2.41 bits per heavy atom. The van der Waals surface area contributed by atoms with Gasteiger partial charge in [0.15, 0.2) is 0 Å². The molecule has 1 N–H and O–H groups in total. The highest BCUT2D eigenvalue weighted by Crippen LogP contribution is 2.28. The Bertz CT molecular complexity index is 539. The topological polar surface area (TPSA) is 53.7 Å². The van der Waals surface area contributed by atoms with Crippen LogP contribution in [0.15, 0.2) is 6.20 Å². The van der Waals surface area contributed by atoms with Gasteiger partial charge in [0.2, 0.25) is 10.1 Å². The SMILES string of the molecule is C[C@H]1CCN(c2nn3c(I)cnc3s2)C[C@H]1O. The number of rotatable bonds is 1. The third kappa shape index (κ3) is 2.04. The van der Waals surface area contributed by atoms with Gasteiger partial charge in [0.1, 0.15) is 3.70 Å². The first-order valence-corrected chi connectivity index (χ1v) is 7.48. The summed E-state index contributed by atoms with van der Waals surface area (Å²) in [6.45, 7) is 3.74. The average molecular weight is 364 g/mol. The van der Waals surface area contributed by atoms with Crippen molar-refractivity contribution in [1.29, 1.82) is 0 Å². The molecule has 1 aliphatic rings. The van der Waals surface area contributed by atoms with Gasteiger partial charge in [-0.3, -0.25) is 0 Å². The number of nitrogens with zero attached hydrogens (tertiary/aromatic N) is 4. The van der Waals surface area contributed by atoms with Crippen LogP contribution in [0.5, 0.6) is 0 Å². The molecular weight excluding hydrogens is 351 g/mol. The number of aliphatic hydroxyl groups is 1. The largest absolute Gasteiger partial charge is 0.391 e. The lowest BCUT2D eigenvalue weighted by Crippen LogP contribution is -2.42. The van der Waals surface area contributed by atoms with E-state index in [1.807, 2.05) is 10.7 Å². The molecule has 1 fully saturated rings. The Labute approximate surface area is 117 Å². The molecule has 0 saturated carbocycles. The number of hydrogen-bond donors (Lipinski definition) is 1. The number of piperidine rings is 1. The highest BCUT2D eigenvalue weighted by molar-refractivity contribution is 14.1. The van der Waals surface area contributed by atoms with Gasteiger partial charge < -0.3 is 10.0 Å². The Balaban J connectivity index is 1.88. The molecule has 1 aliphatic heterocycles. The summed E-state index contributed by atoms with van der Waals surface area (Å²) in [6, 6.07) is 0. The van der Waals surface area contributed by atoms with Crippen LogP contribution in [0.3, 0.4) is 0 Å². The van der Waals surface area contributed by atoms with Crippen LogP contribution < -0.4 is 4.90 Å². The van der Waals surface area contributed by atoms with Crippen LogP contribution in [0.2, 0.25) is 0 Å². The summed E-state index contributed by atoms with van der Waals surface area (Å²) < 4.78 is 2.87. The zero-order chi connectivity index (χ0) is 12.0. The second-order valence-electron chi connectivity index (χ2n) is 4.44. The molecule has 0 radical (unpaired) electrons. The number of β-amino-alcohol motifs (C(OH)–C–C–N with tert-alkyl or cyclic N) is 1. The first-order chi connectivity index (χ1) is 8.15. The lowest BCUT2D eigenvalue weighted by atomic mass is 9.96. The van der Waals surface area contributed by atoms with Crippen LogP contribution in [-0.2, 0) is 0 Å². The summed E-state index contributed by atoms with van der Waals surface area (Å²) in [4.78, 5) is 7.36. The standard InChI is InChI=1S/C10H13IN4OS/c1-6-2-3-14(5-7(6)16)10-13-15-8(11)4-12-9(15)17-10/h4,6-7,16H,2-3,5H2,1H3/t6-,7+/m0/s1. The minimum Gasteiger partial charge on any atom is -0.391 e. The normalized spacial score (nSPS) is 25.7. The average Bonchev–Trinajstić information content (AvgIpc) is 2.86. The number of halogens is 1. The van der Waals surface area contributed by atoms with Gasteiger partial charge in [-0.1, -0.05) is 18.3 Å². The van der Waals surface area contributed by atoms with Crippen molar-refractivity contribution in [2.24, 2.45) is 5.92 Å². The maximum Gasteiger partial charge on any atom is 0.214 e. The van der Waals surface area contributed by atoms with E-state index < -0.39 is 0 Å². The van der Waals surface area contributed by atoms with E-state index in [0.29, 0.717) is 12.5 Å². The fraction of sp³-hybridized carbons (Fsp3) is 0.600. The summed E-state index contributed by atoms with van der Waals surface area (Å²) in [5, 5.41) is 15.4. The Hall–Kier alpha value is -0.410. The number of aromatic nitrogens is 3. The van der Waals surface area contributed by atoms with Crippen molar-refractivity contribution in [3.63, 3.8) is 0 Å². The van der Waals surface area contributed by atoms with Gasteiger partial charge in [0.25, 0.3) is 0 Å². The van der Waals surface area contributed by atoms with Crippen molar-refractivity contribution in [1.82, 2.24) is 14.6 Å². The number of aliphatic hydroxyl groups excluding tert-OH is 1. The first-order valence-electron chi connectivity index (χ1n) is 5.58. The van der Waals surface area contributed by atoms with E-state index in [1.54, 1.807) is 11.3 Å². The third-order valence-corrected chi connectivity index (χ3v) is 4.94. The van der Waals surface area contributed by atoms with E-state index in [4.69, 9.17) is 0 Å². The molecule has 92 valence electrons. The fourth-order valence-corrected chi connectivity index (χ4v) is 3.56. The molecule has 3 heterocycles. The number of anilines is 1. The molecule has 0 unspecified atom stereocenters. The monoisotopic (exact) mass is 364 g/mol. The van der Waals surface area contributed by atoms with Crippen molar-refractivity contribution in [3.05, 3.63) is 9.90 Å². The quantitative estimate of drug-likeness (QED) is 0.782. The Morgan fingerprint density at radius 1 is 1.59 bits per heavy atom. The summed E-state index contributed by atoms with van der Waals surface area (Å²) in [6.07, 6.45) is 2.58. The van der Waals surface area contributed by atoms with Crippen molar-refractivity contribution in [2.75, 3.05) is 18.0 Å². The number of hydrogen-bond acceptors (Lipinski definition) is 5. The van der Waals surface area contributed by atoms with E-state index in [9.17, 15) is 5.11 Å². The number of imidazole rings is 1. The summed E-state index contributed by atoms with van der Waals surface area (Å²) in [5.74, 6) is 0.385. The summed E-state index contributed by atoms with van der Waals surface area (Å²) in [7, 11) is 0. The van der Waals surface area contributed by atoms with E-state index in [2.05, 4.69) is 44.5 Å². The van der Waals surface area contributed by atoms with Crippen LogP contribution in [0.4, 0.5) is 5.13 Å². The summed E-state index contributed by atoms with van der Waals surface area (Å²) >= 11 is 3.80. The van der Waals surface area contributed by atoms with Crippen LogP contribution >= 0.6 is 33.9 Å². The zero-order valence-corrected chi connectivity index (χ0v) is 12.3. The molecule has 17 heavy (non-hydrogen) atoms. The van der Waals surface area contributed by atoms with Gasteiger partial charge in [0.05, 0.1) is 12.3 Å². The maximum absolute atomic E-state index is 9.90. The molecule has 0 bridgehead atoms. The van der Waals surface area contributed by atoms with E-state index >= 15 is 0 Å². The van der Waals surface area contributed by atoms with Crippen LogP contribution in [-0.4, -0.2) is 38.9 Å². The molecular formula is C10H13IN4OS. The smallest absolute Gasteiger partial charge is 0.214 e. The van der Waals surface area contributed by atoms with Gasteiger partial charge in [-0.15, -0.1) is 5.10 Å². The molecule has 0 aromatic carbocycles. The van der Waals surface area contributed by atoms with Gasteiger partial charge in [-0.2, -0.15) is 4.52 Å².